The van der Waals surface area contributed by atoms with Crippen molar-refractivity contribution >= 4 is 33.7 Å². The van der Waals surface area contributed by atoms with Gasteiger partial charge >= 0.3 is 0 Å². The molecule has 0 spiro atoms. The average molecular weight is 699 g/mol. The Labute approximate surface area is 323 Å². The summed E-state index contributed by atoms with van der Waals surface area (Å²) < 4.78 is 0. The molecule has 0 heterocycles. The highest BCUT2D eigenvalue weighted by atomic mass is 14.2. The van der Waals surface area contributed by atoms with Gasteiger partial charge in [-0.05, 0) is 102 Å². The van der Waals surface area contributed by atoms with Crippen molar-refractivity contribution in [2.24, 2.45) is 0 Å². The highest BCUT2D eigenvalue weighted by Gasteiger charge is 2.21. The molecule has 0 N–H and O–H groups in total. The van der Waals surface area contributed by atoms with Crippen LogP contribution in [0.4, 0.5) is 0 Å². The molecule has 0 fully saturated rings. The van der Waals surface area contributed by atoms with Crippen molar-refractivity contribution < 1.29 is 0 Å². The van der Waals surface area contributed by atoms with E-state index in [0.717, 1.165) is 17.5 Å². The normalized spacial score (nSPS) is 10.2. The van der Waals surface area contributed by atoms with Crippen LogP contribution in [0, 0.1) is 0 Å². The summed E-state index contributed by atoms with van der Waals surface area (Å²) in [4.78, 5) is 0. The van der Waals surface area contributed by atoms with Gasteiger partial charge in [0.2, 0.25) is 0 Å². The van der Waals surface area contributed by atoms with Crippen LogP contribution in [0.25, 0.3) is 78.2 Å². The minimum atomic E-state index is 1.07. The quantitative estimate of drug-likeness (QED) is 0.118. The third-order valence-electron chi connectivity index (χ3n) is 9.55. The second-order valence-corrected chi connectivity index (χ2v) is 13.0. The van der Waals surface area contributed by atoms with Gasteiger partial charge in [0.05, 0.1) is 0 Å². The van der Waals surface area contributed by atoms with E-state index in [1.54, 1.807) is 24.3 Å². The van der Waals surface area contributed by atoms with Gasteiger partial charge in [-0.3, -0.25) is 0 Å². The first-order valence-electron chi connectivity index (χ1n) is 18.6. The Morgan fingerprint density at radius 3 is 1.59 bits per heavy atom. The monoisotopic (exact) mass is 698 g/mol. The average Bonchev–Trinajstić information content (AvgIpc) is 3.25. The van der Waals surface area contributed by atoms with E-state index >= 15 is 0 Å². The molecule has 0 saturated carbocycles. The highest BCUT2D eigenvalue weighted by molar-refractivity contribution is 6.13. The zero-order valence-electron chi connectivity index (χ0n) is 31.6. The topological polar surface area (TPSA) is 0 Å². The molecule has 0 atom stereocenters. The van der Waals surface area contributed by atoms with Crippen molar-refractivity contribution in [3.05, 3.63) is 220 Å². The summed E-state index contributed by atoms with van der Waals surface area (Å²) in [7, 11) is 0. The predicted octanol–water partition coefficient (Wildman–Crippen LogP) is 16.0. The van der Waals surface area contributed by atoms with Crippen molar-refractivity contribution in [2.75, 3.05) is 0 Å². The van der Waals surface area contributed by atoms with Crippen LogP contribution in [0.2, 0.25) is 0 Å². The predicted molar refractivity (Wildman–Crippen MR) is 243 cm³/mol. The summed E-state index contributed by atoms with van der Waals surface area (Å²) in [6.07, 6.45) is 14.0. The zero-order chi connectivity index (χ0) is 38.3. The van der Waals surface area contributed by atoms with Gasteiger partial charge in [-0.15, -0.1) is 0 Å². The Balaban J connectivity index is 0.000000640. The zero-order valence-corrected chi connectivity index (χ0v) is 31.6. The second kappa shape index (κ2) is 19.4. The van der Waals surface area contributed by atoms with Crippen LogP contribution >= 0.6 is 0 Å². The molecule has 0 aromatic heterocycles. The van der Waals surface area contributed by atoms with E-state index in [1.165, 1.54) is 84.5 Å². The first kappa shape index (κ1) is 38.7. The fourth-order valence-electron chi connectivity index (χ4n) is 6.91. The van der Waals surface area contributed by atoms with Crippen LogP contribution in [0.5, 0.6) is 0 Å². The standard InChI is InChI=1S/C46H38.2C4H6/c1-4-7-15-32-22-29-43-44(30-32)45(38-28-25-34-18-11-12-19-37(34)31-38)39(5-2)40(6-3)46(43)42-21-14-13-20-41(42)36-26-23-35(24-27-36)33-16-9-8-10-17-33;2*1-3-4-2/h5-6,8-14,16-31H,2-4,7,15H2,1H3;2*3-4H,1-2H2. The molecule has 0 bridgehead atoms. The summed E-state index contributed by atoms with van der Waals surface area (Å²) in [5.74, 6) is 0. The third-order valence-corrected chi connectivity index (χ3v) is 9.55. The maximum absolute atomic E-state index is 4.38. The highest BCUT2D eigenvalue weighted by Crippen LogP contribution is 2.46. The van der Waals surface area contributed by atoms with Crippen molar-refractivity contribution in [1.29, 1.82) is 0 Å². The van der Waals surface area contributed by atoms with Gasteiger partial charge in [-0.2, -0.15) is 0 Å². The van der Waals surface area contributed by atoms with E-state index < -0.39 is 0 Å². The molecule has 0 radical (unpaired) electrons. The van der Waals surface area contributed by atoms with E-state index in [1.807, 2.05) is 12.2 Å². The van der Waals surface area contributed by atoms with Gasteiger partial charge in [-0.25, -0.2) is 0 Å². The lowest BCUT2D eigenvalue weighted by Crippen LogP contribution is -1.98. The van der Waals surface area contributed by atoms with Gasteiger partial charge in [0.25, 0.3) is 0 Å². The van der Waals surface area contributed by atoms with E-state index in [9.17, 15) is 0 Å². The molecule has 7 rings (SSSR count). The Hall–Kier alpha value is -6.50. The van der Waals surface area contributed by atoms with Crippen LogP contribution in [0.1, 0.15) is 36.5 Å². The molecular weight excluding hydrogens is 649 g/mol. The fraction of sp³-hybridized carbons (Fsp3) is 0.0741. The smallest absolute Gasteiger partial charge is 0.00203 e. The van der Waals surface area contributed by atoms with Crippen LogP contribution in [0.3, 0.4) is 0 Å². The van der Waals surface area contributed by atoms with Crippen LogP contribution in [0.15, 0.2) is 203 Å². The third kappa shape index (κ3) is 8.75. The molecule has 7 aromatic rings. The van der Waals surface area contributed by atoms with Gasteiger partial charge in [-0.1, -0.05) is 223 Å². The van der Waals surface area contributed by atoms with Crippen molar-refractivity contribution in [2.45, 2.75) is 26.2 Å². The maximum atomic E-state index is 4.38. The molecule has 54 heavy (non-hydrogen) atoms. The SMILES string of the molecule is C=CC=C.C=CC=C.C=Cc1c(C=C)c(-c2ccccc2-c2ccc(-c3ccccc3)cc2)c2ccc(CCCC)cc2c1-c1ccc2ccccc2c1. The lowest BCUT2D eigenvalue weighted by molar-refractivity contribution is 0.796. The molecule has 0 saturated heterocycles. The molecule has 7 aromatic carbocycles. The summed E-state index contributed by atoms with van der Waals surface area (Å²) in [5, 5.41) is 4.97. The molecule has 0 amide bonds. The summed E-state index contributed by atoms with van der Waals surface area (Å²) in [6, 6.07) is 50.8. The minimum Gasteiger partial charge on any atom is -0.0991 e. The molecule has 0 unspecified atom stereocenters. The molecule has 0 nitrogen and oxygen atoms in total. The molecule has 0 heteroatoms. The van der Waals surface area contributed by atoms with Crippen molar-refractivity contribution in [3.63, 3.8) is 0 Å². The molecule has 0 aliphatic heterocycles. The largest absolute Gasteiger partial charge is 0.0991 e. The number of unbranched alkanes of at least 4 members (excludes halogenated alkanes) is 1. The maximum Gasteiger partial charge on any atom is -0.00203 e. The molecular formula is C54H50. The van der Waals surface area contributed by atoms with Gasteiger partial charge in [0.15, 0.2) is 0 Å². The first-order chi connectivity index (χ1) is 26.5. The van der Waals surface area contributed by atoms with Crippen LogP contribution < -0.4 is 0 Å². The van der Waals surface area contributed by atoms with E-state index in [-0.39, 0.29) is 0 Å². The number of aryl methyl sites for hydroxylation is 1. The first-order valence-corrected chi connectivity index (χ1v) is 18.6. The van der Waals surface area contributed by atoms with Crippen LogP contribution in [-0.4, -0.2) is 0 Å². The Kier molecular flexibility index (Phi) is 13.9. The van der Waals surface area contributed by atoms with Crippen molar-refractivity contribution in [1.82, 2.24) is 0 Å². The Bertz CT molecular complexity index is 2380. The molecule has 266 valence electrons. The number of hydrogen-bond donors (Lipinski definition) is 0. The summed E-state index contributed by atoms with van der Waals surface area (Å²) >= 11 is 0. The lowest BCUT2D eigenvalue weighted by Gasteiger charge is -2.22. The minimum absolute atomic E-state index is 1.07. The number of benzene rings is 7. The number of fused-ring (bicyclic) bond motifs is 2. The van der Waals surface area contributed by atoms with E-state index in [4.69, 9.17) is 0 Å². The summed E-state index contributed by atoms with van der Waals surface area (Å²) in [5.41, 5.74) is 13.3. The lowest BCUT2D eigenvalue weighted by atomic mass is 9.81. The van der Waals surface area contributed by atoms with Gasteiger partial charge < -0.3 is 0 Å². The second-order valence-electron chi connectivity index (χ2n) is 13.0. The fourth-order valence-corrected chi connectivity index (χ4v) is 6.91. The Morgan fingerprint density at radius 1 is 0.426 bits per heavy atom. The van der Waals surface area contributed by atoms with E-state index in [2.05, 4.69) is 186 Å². The molecule has 0 aliphatic rings. The number of rotatable bonds is 11. The molecule has 0 aliphatic carbocycles. The number of allylic oxidation sites excluding steroid dienone is 4. The van der Waals surface area contributed by atoms with Gasteiger partial charge in [0, 0.05) is 0 Å². The summed E-state index contributed by atoms with van der Waals surface area (Å²) in [6.45, 7) is 24.5. The number of hydrogen-bond acceptors (Lipinski definition) is 0. The van der Waals surface area contributed by atoms with Gasteiger partial charge in [0.1, 0.15) is 0 Å². The van der Waals surface area contributed by atoms with Crippen molar-refractivity contribution in [3.8, 4) is 44.5 Å². The van der Waals surface area contributed by atoms with E-state index in [0.29, 0.717) is 0 Å². The Morgan fingerprint density at radius 2 is 0.963 bits per heavy atom. The van der Waals surface area contributed by atoms with Crippen LogP contribution in [-0.2, 0) is 6.42 Å².